The fourth-order valence-corrected chi connectivity index (χ4v) is 1.90. The van der Waals surface area contributed by atoms with Gasteiger partial charge < -0.3 is 4.74 Å². The Morgan fingerprint density at radius 3 is 2.87 bits per heavy atom. The van der Waals surface area contributed by atoms with E-state index in [1.165, 1.54) is 0 Å². The van der Waals surface area contributed by atoms with Crippen LogP contribution in [0.3, 0.4) is 0 Å². The van der Waals surface area contributed by atoms with E-state index >= 15 is 0 Å². The molecule has 0 saturated carbocycles. The minimum Gasteiger partial charge on any atom is -0.497 e. The van der Waals surface area contributed by atoms with E-state index in [2.05, 4.69) is 0 Å². The lowest BCUT2D eigenvalue weighted by Gasteiger charge is -2.30. The molecule has 1 aliphatic rings. The number of fused-ring (bicyclic) bond motifs is 1. The van der Waals surface area contributed by atoms with Crippen LogP contribution in [0.15, 0.2) is 18.2 Å². The number of nitrogens with zero attached hydrogens (tertiary/aromatic N) is 1. The Labute approximate surface area is 89.7 Å². The van der Waals surface area contributed by atoms with Crippen LogP contribution >= 0.6 is 0 Å². The molecule has 80 valence electrons. The van der Waals surface area contributed by atoms with Crippen LogP contribution in [0.25, 0.3) is 0 Å². The van der Waals surface area contributed by atoms with Crippen LogP contribution in [0.1, 0.15) is 22.8 Å². The third-order valence-corrected chi connectivity index (χ3v) is 3.04. The van der Waals surface area contributed by atoms with E-state index in [-0.39, 0.29) is 11.8 Å². The molecule has 0 amide bonds. The van der Waals surface area contributed by atoms with Gasteiger partial charge >= 0.3 is 0 Å². The first-order valence-corrected chi connectivity index (χ1v) is 5.05. The summed E-state index contributed by atoms with van der Waals surface area (Å²) >= 11 is 0. The molecule has 2 rings (SSSR count). The second kappa shape index (κ2) is 3.66. The fourth-order valence-electron chi connectivity index (χ4n) is 1.90. The fraction of sp³-hybridized carbons (Fsp3) is 0.417. The molecule has 0 fully saturated rings. The highest BCUT2D eigenvalue weighted by molar-refractivity contribution is 6.02. The molecule has 3 nitrogen and oxygen atoms in total. The highest BCUT2D eigenvalue weighted by Gasteiger charge is 2.27. The van der Waals surface area contributed by atoms with Crippen molar-refractivity contribution in [2.24, 2.45) is 0 Å². The Hall–Kier alpha value is -1.35. The SMILES string of the molecule is COc1ccc2c(c1)CN(C)C(C)C2=O. The van der Waals surface area contributed by atoms with E-state index in [9.17, 15) is 4.79 Å². The van der Waals surface area contributed by atoms with Crippen LogP contribution in [0, 0.1) is 0 Å². The van der Waals surface area contributed by atoms with Gasteiger partial charge in [0.15, 0.2) is 5.78 Å². The Balaban J connectivity index is 2.46. The summed E-state index contributed by atoms with van der Waals surface area (Å²) in [5, 5.41) is 0. The molecule has 0 saturated heterocycles. The molecule has 3 heteroatoms. The number of ketones is 1. The Kier molecular flexibility index (Phi) is 2.49. The van der Waals surface area contributed by atoms with Crippen molar-refractivity contribution in [2.45, 2.75) is 19.5 Å². The molecule has 0 radical (unpaired) electrons. The zero-order valence-corrected chi connectivity index (χ0v) is 9.28. The lowest BCUT2D eigenvalue weighted by molar-refractivity contribution is 0.0833. The van der Waals surface area contributed by atoms with Gasteiger partial charge in [0.1, 0.15) is 5.75 Å². The molecule has 15 heavy (non-hydrogen) atoms. The van der Waals surface area contributed by atoms with Gasteiger partial charge in [-0.25, -0.2) is 0 Å². The highest BCUT2D eigenvalue weighted by atomic mass is 16.5. The maximum atomic E-state index is 11.9. The van der Waals surface area contributed by atoms with Crippen LogP contribution in [0.4, 0.5) is 0 Å². The molecule has 1 heterocycles. The first-order chi connectivity index (χ1) is 7.13. The van der Waals surface area contributed by atoms with E-state index in [0.29, 0.717) is 0 Å². The summed E-state index contributed by atoms with van der Waals surface area (Å²) < 4.78 is 5.15. The third kappa shape index (κ3) is 1.63. The number of carbonyl (C=O) groups excluding carboxylic acids is 1. The van der Waals surface area contributed by atoms with E-state index in [0.717, 1.165) is 23.4 Å². The van der Waals surface area contributed by atoms with Crippen molar-refractivity contribution in [3.05, 3.63) is 29.3 Å². The van der Waals surface area contributed by atoms with Crippen molar-refractivity contribution in [2.75, 3.05) is 14.2 Å². The Morgan fingerprint density at radius 2 is 2.20 bits per heavy atom. The van der Waals surface area contributed by atoms with E-state index in [1.54, 1.807) is 7.11 Å². The first-order valence-electron chi connectivity index (χ1n) is 5.05. The van der Waals surface area contributed by atoms with E-state index in [4.69, 9.17) is 4.74 Å². The lowest BCUT2D eigenvalue weighted by atomic mass is 9.94. The predicted molar refractivity (Wildman–Crippen MR) is 58.3 cm³/mol. The topological polar surface area (TPSA) is 29.5 Å². The van der Waals surface area contributed by atoms with Gasteiger partial charge in [-0.05, 0) is 37.7 Å². The van der Waals surface area contributed by atoms with Crippen molar-refractivity contribution in [1.29, 1.82) is 0 Å². The van der Waals surface area contributed by atoms with Gasteiger partial charge in [0.05, 0.1) is 13.2 Å². The smallest absolute Gasteiger partial charge is 0.179 e. The number of hydrogen-bond acceptors (Lipinski definition) is 3. The summed E-state index contributed by atoms with van der Waals surface area (Å²) in [5.74, 6) is 1.01. The van der Waals surface area contributed by atoms with E-state index in [1.807, 2.05) is 37.1 Å². The molecule has 1 unspecified atom stereocenters. The predicted octanol–water partition coefficient (Wildman–Crippen LogP) is 1.71. The average molecular weight is 205 g/mol. The number of benzene rings is 1. The minimum atomic E-state index is -0.0223. The number of ether oxygens (including phenoxy) is 1. The van der Waals surface area contributed by atoms with Crippen molar-refractivity contribution in [3.63, 3.8) is 0 Å². The average Bonchev–Trinajstić information content (AvgIpc) is 2.25. The zero-order chi connectivity index (χ0) is 11.0. The number of Topliss-reactive ketones (excluding diaryl/α,β-unsaturated/α-hetero) is 1. The molecular formula is C12H15NO2. The van der Waals surface area contributed by atoms with Gasteiger partial charge in [-0.1, -0.05) is 0 Å². The number of rotatable bonds is 1. The van der Waals surface area contributed by atoms with Crippen molar-refractivity contribution in [3.8, 4) is 5.75 Å². The molecular weight excluding hydrogens is 190 g/mol. The Morgan fingerprint density at radius 1 is 1.47 bits per heavy atom. The number of hydrogen-bond donors (Lipinski definition) is 0. The number of carbonyl (C=O) groups is 1. The second-order valence-electron chi connectivity index (χ2n) is 3.98. The summed E-state index contributed by atoms with van der Waals surface area (Å²) in [6.07, 6.45) is 0. The van der Waals surface area contributed by atoms with Gasteiger partial charge in [-0.15, -0.1) is 0 Å². The highest BCUT2D eigenvalue weighted by Crippen LogP contribution is 2.25. The maximum absolute atomic E-state index is 11.9. The standard InChI is InChI=1S/C12H15NO2/c1-8-12(14)11-5-4-10(15-3)6-9(11)7-13(8)2/h4-6,8H,7H2,1-3H3. The van der Waals surface area contributed by atoms with Gasteiger partial charge in [-0.2, -0.15) is 0 Å². The minimum absolute atomic E-state index is 0.0223. The molecule has 1 aromatic rings. The van der Waals surface area contributed by atoms with Crippen LogP contribution in [0.2, 0.25) is 0 Å². The Bertz CT molecular complexity index is 401. The first kappa shape index (κ1) is 10.2. The summed E-state index contributed by atoms with van der Waals surface area (Å²) in [7, 11) is 3.60. The lowest BCUT2D eigenvalue weighted by Crippen LogP contribution is -2.40. The summed E-state index contributed by atoms with van der Waals surface area (Å²) in [6, 6.07) is 5.62. The van der Waals surface area contributed by atoms with Gasteiger partial charge in [-0.3, -0.25) is 9.69 Å². The molecule has 0 aromatic heterocycles. The maximum Gasteiger partial charge on any atom is 0.179 e. The third-order valence-electron chi connectivity index (χ3n) is 3.04. The normalized spacial score (nSPS) is 21.3. The molecule has 1 atom stereocenters. The summed E-state index contributed by atoms with van der Waals surface area (Å²) in [4.78, 5) is 14.0. The molecule has 0 N–H and O–H groups in total. The molecule has 1 aromatic carbocycles. The zero-order valence-electron chi connectivity index (χ0n) is 9.28. The van der Waals surface area contributed by atoms with Crippen LogP contribution < -0.4 is 4.74 Å². The number of methoxy groups -OCH3 is 1. The molecule has 1 aliphatic heterocycles. The van der Waals surface area contributed by atoms with Crippen LogP contribution in [-0.4, -0.2) is 30.9 Å². The molecule has 0 spiro atoms. The van der Waals surface area contributed by atoms with Crippen molar-refractivity contribution < 1.29 is 9.53 Å². The van der Waals surface area contributed by atoms with E-state index < -0.39 is 0 Å². The van der Waals surface area contributed by atoms with Crippen LogP contribution in [-0.2, 0) is 6.54 Å². The second-order valence-corrected chi connectivity index (χ2v) is 3.98. The summed E-state index contributed by atoms with van der Waals surface area (Å²) in [6.45, 7) is 2.74. The van der Waals surface area contributed by atoms with Gasteiger partial charge in [0.25, 0.3) is 0 Å². The van der Waals surface area contributed by atoms with Crippen molar-refractivity contribution in [1.82, 2.24) is 4.90 Å². The van der Waals surface area contributed by atoms with Crippen LogP contribution in [0.5, 0.6) is 5.75 Å². The van der Waals surface area contributed by atoms with Gasteiger partial charge in [0, 0.05) is 12.1 Å². The summed E-state index contributed by atoms with van der Waals surface area (Å²) in [5.41, 5.74) is 1.89. The largest absolute Gasteiger partial charge is 0.497 e. The molecule has 0 bridgehead atoms. The monoisotopic (exact) mass is 205 g/mol. The van der Waals surface area contributed by atoms with Gasteiger partial charge in [0.2, 0.25) is 0 Å². The molecule has 0 aliphatic carbocycles. The number of likely N-dealkylation sites (N-methyl/N-ethyl adjacent to an activating group) is 1. The van der Waals surface area contributed by atoms with Crippen molar-refractivity contribution >= 4 is 5.78 Å². The quantitative estimate of drug-likeness (QED) is 0.699.